The Labute approximate surface area is 165 Å². The van der Waals surface area contributed by atoms with Crippen LogP contribution in [0.15, 0.2) is 41.8 Å². The van der Waals surface area contributed by atoms with Gasteiger partial charge in [0.1, 0.15) is 0 Å². The first-order valence-corrected chi connectivity index (χ1v) is 9.57. The van der Waals surface area contributed by atoms with Gasteiger partial charge in [-0.1, -0.05) is 12.1 Å². The monoisotopic (exact) mass is 401 g/mol. The lowest BCUT2D eigenvalue weighted by Gasteiger charge is -2.13. The molecular weight excluding hydrogens is 382 g/mol. The molecule has 0 bridgehead atoms. The van der Waals surface area contributed by atoms with Crippen molar-refractivity contribution in [1.29, 1.82) is 0 Å². The van der Waals surface area contributed by atoms with Crippen LogP contribution in [0.25, 0.3) is 0 Å². The maximum Gasteiger partial charge on any atom is 0.338 e. The molecule has 9 heteroatoms. The summed E-state index contributed by atoms with van der Waals surface area (Å²) in [6.07, 6.45) is 0.638. The normalized spacial score (nSPS) is 13.9. The SMILES string of the molecule is CC(OC(=O)c1cccc(NC(=O)c2cccs2)c1)C(=O)NC(=O)NC1CC1. The Balaban J connectivity index is 1.55. The molecule has 1 saturated carbocycles. The molecule has 0 aliphatic heterocycles. The second-order valence-electron chi connectivity index (χ2n) is 6.30. The highest BCUT2D eigenvalue weighted by molar-refractivity contribution is 7.12. The molecule has 0 spiro atoms. The van der Waals surface area contributed by atoms with Gasteiger partial charge in [-0.3, -0.25) is 14.9 Å². The number of carbonyl (C=O) groups is 4. The third kappa shape index (κ3) is 5.40. The van der Waals surface area contributed by atoms with E-state index in [2.05, 4.69) is 16.0 Å². The van der Waals surface area contributed by atoms with Crippen LogP contribution in [0.1, 0.15) is 39.8 Å². The highest BCUT2D eigenvalue weighted by atomic mass is 32.1. The molecule has 0 radical (unpaired) electrons. The van der Waals surface area contributed by atoms with Crippen LogP contribution in [-0.4, -0.2) is 36.0 Å². The molecule has 1 aromatic heterocycles. The van der Waals surface area contributed by atoms with Gasteiger partial charge in [-0.25, -0.2) is 9.59 Å². The van der Waals surface area contributed by atoms with Crippen molar-refractivity contribution in [3.8, 4) is 0 Å². The molecule has 1 unspecified atom stereocenters. The number of benzene rings is 1. The van der Waals surface area contributed by atoms with E-state index in [4.69, 9.17) is 4.74 Å². The van der Waals surface area contributed by atoms with E-state index in [0.717, 1.165) is 12.8 Å². The number of esters is 1. The third-order valence-electron chi connectivity index (χ3n) is 3.90. The lowest BCUT2D eigenvalue weighted by Crippen LogP contribution is -2.45. The molecule has 3 N–H and O–H groups in total. The minimum Gasteiger partial charge on any atom is -0.449 e. The number of thiophene rings is 1. The van der Waals surface area contributed by atoms with Crippen molar-refractivity contribution in [1.82, 2.24) is 10.6 Å². The molecule has 1 atom stereocenters. The Morgan fingerprint density at radius 3 is 2.61 bits per heavy atom. The molecule has 2 aromatic rings. The van der Waals surface area contributed by atoms with Crippen molar-refractivity contribution in [3.05, 3.63) is 52.2 Å². The van der Waals surface area contributed by atoms with Crippen LogP contribution in [0.4, 0.5) is 10.5 Å². The van der Waals surface area contributed by atoms with Crippen LogP contribution in [0, 0.1) is 0 Å². The summed E-state index contributed by atoms with van der Waals surface area (Å²) < 4.78 is 5.11. The number of hydrogen-bond donors (Lipinski definition) is 3. The van der Waals surface area contributed by atoms with Crippen LogP contribution in [0.2, 0.25) is 0 Å². The summed E-state index contributed by atoms with van der Waals surface area (Å²) in [5, 5.41) is 9.24. The second-order valence-corrected chi connectivity index (χ2v) is 7.24. The van der Waals surface area contributed by atoms with Crippen LogP contribution in [0.3, 0.4) is 0 Å². The van der Waals surface area contributed by atoms with Crippen molar-refractivity contribution in [2.45, 2.75) is 31.9 Å². The van der Waals surface area contributed by atoms with Gasteiger partial charge in [0.05, 0.1) is 10.4 Å². The number of nitrogens with one attached hydrogen (secondary N) is 3. The van der Waals surface area contributed by atoms with Gasteiger partial charge in [-0.2, -0.15) is 0 Å². The molecule has 8 nitrogen and oxygen atoms in total. The maximum absolute atomic E-state index is 12.3. The van der Waals surface area contributed by atoms with E-state index in [9.17, 15) is 19.2 Å². The number of carbonyl (C=O) groups excluding carboxylic acids is 4. The third-order valence-corrected chi connectivity index (χ3v) is 4.77. The quantitative estimate of drug-likeness (QED) is 0.644. The average molecular weight is 401 g/mol. The maximum atomic E-state index is 12.3. The van der Waals surface area contributed by atoms with Crippen LogP contribution in [-0.2, 0) is 9.53 Å². The molecule has 1 heterocycles. The summed E-state index contributed by atoms with van der Waals surface area (Å²) in [5.41, 5.74) is 0.597. The molecule has 1 aliphatic rings. The fraction of sp³-hybridized carbons (Fsp3) is 0.263. The minimum absolute atomic E-state index is 0.109. The summed E-state index contributed by atoms with van der Waals surface area (Å²) >= 11 is 1.30. The van der Waals surface area contributed by atoms with Crippen LogP contribution >= 0.6 is 11.3 Å². The lowest BCUT2D eigenvalue weighted by atomic mass is 10.2. The van der Waals surface area contributed by atoms with Crippen molar-refractivity contribution >= 4 is 40.8 Å². The molecule has 4 amide bonds. The van der Waals surface area contributed by atoms with Crippen molar-refractivity contribution < 1.29 is 23.9 Å². The van der Waals surface area contributed by atoms with Gasteiger partial charge in [0.2, 0.25) is 0 Å². The van der Waals surface area contributed by atoms with E-state index < -0.39 is 24.0 Å². The zero-order valence-corrected chi connectivity index (χ0v) is 15.9. The minimum atomic E-state index is -1.15. The van der Waals surface area contributed by atoms with E-state index in [-0.39, 0.29) is 17.5 Å². The van der Waals surface area contributed by atoms with Crippen molar-refractivity contribution in [2.24, 2.45) is 0 Å². The van der Waals surface area contributed by atoms with Gasteiger partial charge < -0.3 is 15.4 Å². The first-order chi connectivity index (χ1) is 13.4. The molecule has 1 aromatic carbocycles. The Morgan fingerprint density at radius 1 is 1.14 bits per heavy atom. The van der Waals surface area contributed by atoms with Crippen molar-refractivity contribution in [2.75, 3.05) is 5.32 Å². The summed E-state index contributed by atoms with van der Waals surface area (Å²) in [5.74, 6) is -1.74. The first-order valence-electron chi connectivity index (χ1n) is 8.69. The van der Waals surface area contributed by atoms with E-state index in [1.54, 1.807) is 29.6 Å². The number of imide groups is 1. The Morgan fingerprint density at radius 2 is 1.93 bits per heavy atom. The number of hydrogen-bond acceptors (Lipinski definition) is 6. The van der Waals surface area contributed by atoms with E-state index in [0.29, 0.717) is 10.6 Å². The number of ether oxygens (including phenoxy) is 1. The topological polar surface area (TPSA) is 114 Å². The van der Waals surface area contributed by atoms with Crippen molar-refractivity contribution in [3.63, 3.8) is 0 Å². The predicted molar refractivity (Wildman–Crippen MR) is 103 cm³/mol. The molecular formula is C19H19N3O5S. The van der Waals surface area contributed by atoms with E-state index >= 15 is 0 Å². The predicted octanol–water partition coefficient (Wildman–Crippen LogP) is 2.53. The zero-order valence-electron chi connectivity index (χ0n) is 15.1. The standard InChI is InChI=1S/C19H19N3O5S/c1-11(16(23)22-19(26)21-13-7-8-13)27-18(25)12-4-2-5-14(10-12)20-17(24)15-6-3-9-28-15/h2-6,9-11,13H,7-8H2,1H3,(H,20,24)(H2,21,22,23,26). The molecule has 0 saturated heterocycles. The molecule has 1 fully saturated rings. The number of anilines is 1. The molecule has 3 rings (SSSR count). The highest BCUT2D eigenvalue weighted by Gasteiger charge is 2.26. The summed E-state index contributed by atoms with van der Waals surface area (Å²) in [4.78, 5) is 48.5. The van der Waals surface area contributed by atoms with Crippen LogP contribution < -0.4 is 16.0 Å². The van der Waals surface area contributed by atoms with Gasteiger partial charge >= 0.3 is 12.0 Å². The lowest BCUT2D eigenvalue weighted by molar-refractivity contribution is -0.127. The average Bonchev–Trinajstić information content (AvgIpc) is 3.29. The fourth-order valence-electron chi connectivity index (χ4n) is 2.27. The number of rotatable bonds is 6. The van der Waals surface area contributed by atoms with Gasteiger partial charge in [0.25, 0.3) is 11.8 Å². The fourth-order valence-corrected chi connectivity index (χ4v) is 2.89. The van der Waals surface area contributed by atoms with Crippen LogP contribution in [0.5, 0.6) is 0 Å². The Bertz CT molecular complexity index is 893. The van der Waals surface area contributed by atoms with Gasteiger partial charge in [-0.05, 0) is 49.4 Å². The Hall–Kier alpha value is -3.20. The van der Waals surface area contributed by atoms with E-state index in [1.165, 1.54) is 30.4 Å². The Kier molecular flexibility index (Phi) is 6.05. The largest absolute Gasteiger partial charge is 0.449 e. The van der Waals surface area contributed by atoms with Gasteiger partial charge in [0, 0.05) is 11.7 Å². The second kappa shape index (κ2) is 8.66. The summed E-state index contributed by atoms with van der Waals surface area (Å²) in [7, 11) is 0. The van der Waals surface area contributed by atoms with Gasteiger partial charge in [0.15, 0.2) is 6.10 Å². The first kappa shape index (κ1) is 19.6. The number of urea groups is 1. The van der Waals surface area contributed by atoms with E-state index in [1.807, 2.05) is 0 Å². The zero-order chi connectivity index (χ0) is 20.1. The molecule has 146 valence electrons. The molecule has 1 aliphatic carbocycles. The summed E-state index contributed by atoms with van der Waals surface area (Å²) in [6.45, 7) is 1.38. The highest BCUT2D eigenvalue weighted by Crippen LogP contribution is 2.18. The smallest absolute Gasteiger partial charge is 0.338 e. The van der Waals surface area contributed by atoms with Gasteiger partial charge in [-0.15, -0.1) is 11.3 Å². The summed E-state index contributed by atoms with van der Waals surface area (Å²) in [6, 6.07) is 9.16. The number of amides is 4. The molecule has 28 heavy (non-hydrogen) atoms.